The van der Waals surface area contributed by atoms with Crippen LogP contribution < -0.4 is 0 Å². The average Bonchev–Trinajstić information content (AvgIpc) is 3.30. The molecule has 2 fully saturated rings. The number of piperidine rings is 1. The van der Waals surface area contributed by atoms with E-state index in [0.717, 1.165) is 57.8 Å². The van der Waals surface area contributed by atoms with E-state index >= 15 is 0 Å². The van der Waals surface area contributed by atoms with Crippen LogP contribution in [0.5, 0.6) is 0 Å². The van der Waals surface area contributed by atoms with Gasteiger partial charge in [-0.05, 0) is 12.8 Å². The molecule has 0 bridgehead atoms. The van der Waals surface area contributed by atoms with Crippen molar-refractivity contribution in [1.29, 1.82) is 0 Å². The van der Waals surface area contributed by atoms with Crippen molar-refractivity contribution in [1.82, 2.24) is 15.0 Å². The molecule has 2 aliphatic heterocycles. The third-order valence-corrected chi connectivity index (χ3v) is 5.34. The first-order chi connectivity index (χ1) is 15.3. The molecular formula is C21H24F3N3O5. The average molecular weight is 455 g/mol. The standard InChI is InChI=1S/C19H23N3O3.C2HF3O2/c23-19(17-14-18(25-20-17)15-4-2-1-3-5-15)22-8-6-16(7-9-22)21-10-12-24-13-11-21;3-2(4,5)1(6)7/h1-5,14,16H,6-13H2;(H,6,7). The Hall–Kier alpha value is -2.92. The van der Waals surface area contributed by atoms with Gasteiger partial charge in [-0.2, -0.15) is 13.2 Å². The van der Waals surface area contributed by atoms with Crippen LogP contribution in [0.4, 0.5) is 13.2 Å². The van der Waals surface area contributed by atoms with E-state index in [4.69, 9.17) is 19.2 Å². The van der Waals surface area contributed by atoms with E-state index in [0.29, 0.717) is 17.5 Å². The van der Waals surface area contributed by atoms with E-state index in [9.17, 15) is 18.0 Å². The first kappa shape index (κ1) is 23.7. The molecule has 1 aromatic carbocycles. The number of rotatable bonds is 3. The highest BCUT2D eigenvalue weighted by atomic mass is 19.4. The fourth-order valence-corrected chi connectivity index (χ4v) is 3.65. The number of hydrogen-bond acceptors (Lipinski definition) is 6. The van der Waals surface area contributed by atoms with E-state index < -0.39 is 12.1 Å². The summed E-state index contributed by atoms with van der Waals surface area (Å²) in [4.78, 5) is 26.0. The highest BCUT2D eigenvalue weighted by Crippen LogP contribution is 2.23. The Kier molecular flexibility index (Phi) is 7.86. The number of alkyl halides is 3. The van der Waals surface area contributed by atoms with Gasteiger partial charge in [0.15, 0.2) is 11.5 Å². The number of benzene rings is 1. The third-order valence-electron chi connectivity index (χ3n) is 5.34. The van der Waals surface area contributed by atoms with Gasteiger partial charge in [-0.3, -0.25) is 9.69 Å². The molecule has 4 rings (SSSR count). The van der Waals surface area contributed by atoms with Crippen LogP contribution in [0.2, 0.25) is 0 Å². The molecule has 1 aromatic heterocycles. The molecule has 0 aliphatic carbocycles. The van der Waals surface area contributed by atoms with Crippen LogP contribution in [0.15, 0.2) is 40.9 Å². The summed E-state index contributed by atoms with van der Waals surface area (Å²) >= 11 is 0. The Morgan fingerprint density at radius 2 is 1.62 bits per heavy atom. The van der Waals surface area contributed by atoms with Crippen LogP contribution >= 0.6 is 0 Å². The highest BCUT2D eigenvalue weighted by molar-refractivity contribution is 5.93. The molecule has 0 radical (unpaired) electrons. The molecular weight excluding hydrogens is 431 g/mol. The molecule has 0 atom stereocenters. The van der Waals surface area contributed by atoms with E-state index in [1.165, 1.54) is 0 Å². The number of nitrogens with zero attached hydrogens (tertiary/aromatic N) is 3. The summed E-state index contributed by atoms with van der Waals surface area (Å²) in [5.41, 5.74) is 1.32. The Morgan fingerprint density at radius 3 is 2.19 bits per heavy atom. The summed E-state index contributed by atoms with van der Waals surface area (Å²) in [6.45, 7) is 5.19. The summed E-state index contributed by atoms with van der Waals surface area (Å²) < 4.78 is 42.5. The van der Waals surface area contributed by atoms with Gasteiger partial charge < -0.3 is 19.3 Å². The van der Waals surface area contributed by atoms with E-state index in [1.54, 1.807) is 6.07 Å². The number of aromatic nitrogens is 1. The number of halogens is 3. The quantitative estimate of drug-likeness (QED) is 0.760. The molecule has 1 amide bonds. The van der Waals surface area contributed by atoms with E-state index in [2.05, 4.69) is 10.1 Å². The lowest BCUT2D eigenvalue weighted by atomic mass is 10.0. The maximum absolute atomic E-state index is 12.7. The Balaban J connectivity index is 0.000000360. The lowest BCUT2D eigenvalue weighted by Gasteiger charge is -2.39. The summed E-state index contributed by atoms with van der Waals surface area (Å²) in [5.74, 6) is -2.16. The molecule has 8 nitrogen and oxygen atoms in total. The molecule has 11 heteroatoms. The zero-order valence-corrected chi connectivity index (χ0v) is 17.3. The number of carbonyl (C=O) groups excluding carboxylic acids is 1. The zero-order valence-electron chi connectivity index (χ0n) is 17.3. The summed E-state index contributed by atoms with van der Waals surface area (Å²) in [6.07, 6.45) is -3.07. The van der Waals surface area contributed by atoms with Gasteiger partial charge in [0.25, 0.3) is 5.91 Å². The second-order valence-electron chi connectivity index (χ2n) is 7.42. The maximum Gasteiger partial charge on any atom is 0.490 e. The molecule has 0 unspecified atom stereocenters. The first-order valence-corrected chi connectivity index (χ1v) is 10.2. The topological polar surface area (TPSA) is 96.1 Å². The number of carboxylic acid groups (broad SMARTS) is 1. The zero-order chi connectivity index (χ0) is 23.1. The number of ether oxygens (including phenoxy) is 1. The van der Waals surface area contributed by atoms with Crippen molar-refractivity contribution in [2.24, 2.45) is 0 Å². The van der Waals surface area contributed by atoms with Gasteiger partial charge in [0.05, 0.1) is 13.2 Å². The van der Waals surface area contributed by atoms with Crippen LogP contribution in [-0.4, -0.2) is 83.6 Å². The minimum atomic E-state index is -5.08. The number of likely N-dealkylation sites (tertiary alicyclic amines) is 1. The van der Waals surface area contributed by atoms with Crippen LogP contribution in [0, 0.1) is 0 Å². The lowest BCUT2D eigenvalue weighted by molar-refractivity contribution is -0.192. The largest absolute Gasteiger partial charge is 0.490 e. The molecule has 0 saturated carbocycles. The fraction of sp³-hybridized carbons (Fsp3) is 0.476. The van der Waals surface area contributed by atoms with Crippen molar-refractivity contribution in [3.8, 4) is 11.3 Å². The van der Waals surface area contributed by atoms with E-state index in [1.807, 2.05) is 35.2 Å². The van der Waals surface area contributed by atoms with Gasteiger partial charge in [-0.25, -0.2) is 4.79 Å². The third kappa shape index (κ3) is 6.30. The van der Waals surface area contributed by atoms with Gasteiger partial charge in [-0.15, -0.1) is 0 Å². The van der Waals surface area contributed by atoms with Crippen molar-refractivity contribution in [3.05, 3.63) is 42.1 Å². The molecule has 2 saturated heterocycles. The first-order valence-electron chi connectivity index (χ1n) is 10.2. The van der Waals surface area contributed by atoms with Crippen molar-refractivity contribution in [2.75, 3.05) is 39.4 Å². The molecule has 1 N–H and O–H groups in total. The van der Waals surface area contributed by atoms with E-state index in [-0.39, 0.29) is 5.91 Å². The van der Waals surface area contributed by atoms with Crippen LogP contribution in [0.1, 0.15) is 23.3 Å². The number of carbonyl (C=O) groups is 2. The van der Waals surface area contributed by atoms with Gasteiger partial charge in [0.2, 0.25) is 0 Å². The minimum absolute atomic E-state index is 0.0358. The highest BCUT2D eigenvalue weighted by Gasteiger charge is 2.38. The number of hydrogen-bond donors (Lipinski definition) is 1. The fourth-order valence-electron chi connectivity index (χ4n) is 3.65. The monoisotopic (exact) mass is 455 g/mol. The van der Waals surface area contributed by atoms with Gasteiger partial charge in [0, 0.05) is 43.9 Å². The van der Waals surface area contributed by atoms with Gasteiger partial charge in [-0.1, -0.05) is 35.5 Å². The van der Waals surface area contributed by atoms with Crippen molar-refractivity contribution in [3.63, 3.8) is 0 Å². The minimum Gasteiger partial charge on any atom is -0.475 e. The summed E-state index contributed by atoms with van der Waals surface area (Å²) in [6, 6.07) is 12.0. The SMILES string of the molecule is O=C(O)C(F)(F)F.O=C(c1cc(-c2ccccc2)on1)N1CCC(N2CCOCC2)CC1. The number of morpholine rings is 1. The molecule has 32 heavy (non-hydrogen) atoms. The Bertz CT molecular complexity index is 890. The van der Waals surface area contributed by atoms with Crippen molar-refractivity contribution in [2.45, 2.75) is 25.1 Å². The normalized spacial score (nSPS) is 18.0. The number of amides is 1. The second-order valence-corrected chi connectivity index (χ2v) is 7.42. The van der Waals surface area contributed by atoms with Crippen molar-refractivity contribution < 1.29 is 37.1 Å². The molecule has 0 spiro atoms. The molecule has 2 aromatic rings. The second kappa shape index (κ2) is 10.6. The Labute approximate surface area is 182 Å². The van der Waals surface area contributed by atoms with Crippen molar-refractivity contribution >= 4 is 11.9 Å². The lowest BCUT2D eigenvalue weighted by Crippen LogP contribution is -2.50. The van der Waals surface area contributed by atoms with Crippen LogP contribution in [-0.2, 0) is 9.53 Å². The number of aliphatic carboxylic acids is 1. The smallest absolute Gasteiger partial charge is 0.475 e. The predicted molar refractivity (Wildman–Crippen MR) is 107 cm³/mol. The number of carboxylic acids is 1. The van der Waals surface area contributed by atoms with Crippen LogP contribution in [0.25, 0.3) is 11.3 Å². The van der Waals surface area contributed by atoms with Gasteiger partial charge >= 0.3 is 12.1 Å². The van der Waals surface area contributed by atoms with Gasteiger partial charge in [0.1, 0.15) is 0 Å². The summed E-state index contributed by atoms with van der Waals surface area (Å²) in [7, 11) is 0. The molecule has 3 heterocycles. The maximum atomic E-state index is 12.7. The molecule has 174 valence electrons. The summed E-state index contributed by atoms with van der Waals surface area (Å²) in [5, 5.41) is 11.1. The predicted octanol–water partition coefficient (Wildman–Crippen LogP) is 2.91. The molecule has 2 aliphatic rings. The Morgan fingerprint density at radius 1 is 1.03 bits per heavy atom. The van der Waals surface area contributed by atoms with Crippen LogP contribution in [0.3, 0.4) is 0 Å².